The zero-order valence-corrected chi connectivity index (χ0v) is 13.4. The van der Waals surface area contributed by atoms with Crippen molar-refractivity contribution in [2.75, 3.05) is 23.8 Å². The maximum atomic E-state index is 12.3. The number of amides is 1. The Bertz CT molecular complexity index is 729. The standard InChI is InChI=1S/C17H19N3O3/c1-12-9-10-15(20(22)23)17(13(12)2)18-16(21)11-19(3)14-7-5-4-6-8-14/h4-10H,11H2,1-3H3,(H,18,21). The third-order valence-electron chi connectivity index (χ3n) is 3.75. The van der Waals surface area contributed by atoms with Gasteiger partial charge in [0.15, 0.2) is 0 Å². The van der Waals surface area contributed by atoms with Crippen LogP contribution in [0.4, 0.5) is 17.1 Å². The summed E-state index contributed by atoms with van der Waals surface area (Å²) < 4.78 is 0. The molecule has 120 valence electrons. The normalized spacial score (nSPS) is 10.2. The zero-order chi connectivity index (χ0) is 17.0. The second kappa shape index (κ2) is 6.91. The summed E-state index contributed by atoms with van der Waals surface area (Å²) in [6, 6.07) is 12.6. The Kier molecular flexibility index (Phi) is 4.95. The van der Waals surface area contributed by atoms with Crippen molar-refractivity contribution >= 4 is 23.0 Å². The van der Waals surface area contributed by atoms with Gasteiger partial charge in [0.25, 0.3) is 5.69 Å². The van der Waals surface area contributed by atoms with Gasteiger partial charge in [-0.1, -0.05) is 24.3 Å². The molecule has 0 bridgehead atoms. The Morgan fingerprint density at radius 2 is 1.83 bits per heavy atom. The average molecular weight is 313 g/mol. The van der Waals surface area contributed by atoms with E-state index >= 15 is 0 Å². The smallest absolute Gasteiger partial charge is 0.293 e. The van der Waals surface area contributed by atoms with Crippen LogP contribution in [0.5, 0.6) is 0 Å². The number of rotatable bonds is 5. The summed E-state index contributed by atoms with van der Waals surface area (Å²) in [5.74, 6) is -0.298. The summed E-state index contributed by atoms with van der Waals surface area (Å²) in [7, 11) is 1.80. The van der Waals surface area contributed by atoms with E-state index in [1.165, 1.54) is 6.07 Å². The second-order valence-corrected chi connectivity index (χ2v) is 5.40. The second-order valence-electron chi connectivity index (χ2n) is 5.40. The molecule has 0 fully saturated rings. The third kappa shape index (κ3) is 3.85. The third-order valence-corrected chi connectivity index (χ3v) is 3.75. The maximum absolute atomic E-state index is 12.3. The van der Waals surface area contributed by atoms with Crippen LogP contribution in [-0.2, 0) is 4.79 Å². The van der Waals surface area contributed by atoms with Crippen molar-refractivity contribution < 1.29 is 9.72 Å². The van der Waals surface area contributed by atoms with E-state index in [1.54, 1.807) is 24.9 Å². The first-order valence-electron chi connectivity index (χ1n) is 7.20. The molecule has 2 rings (SSSR count). The van der Waals surface area contributed by atoms with E-state index in [1.807, 2.05) is 37.3 Å². The number of carbonyl (C=O) groups is 1. The molecule has 0 saturated heterocycles. The lowest BCUT2D eigenvalue weighted by atomic mass is 10.1. The lowest BCUT2D eigenvalue weighted by Crippen LogP contribution is -2.30. The molecule has 1 N–H and O–H groups in total. The van der Waals surface area contributed by atoms with Crippen molar-refractivity contribution in [1.29, 1.82) is 0 Å². The van der Waals surface area contributed by atoms with Crippen LogP contribution in [0.1, 0.15) is 11.1 Å². The molecule has 23 heavy (non-hydrogen) atoms. The fourth-order valence-corrected chi connectivity index (χ4v) is 2.28. The minimum atomic E-state index is -0.483. The Hall–Kier alpha value is -2.89. The molecule has 6 heteroatoms. The molecule has 0 aliphatic carbocycles. The lowest BCUT2D eigenvalue weighted by molar-refractivity contribution is -0.384. The largest absolute Gasteiger partial charge is 0.365 e. The van der Waals surface area contributed by atoms with Gasteiger partial charge in [-0.15, -0.1) is 0 Å². The Labute approximate surface area is 134 Å². The van der Waals surface area contributed by atoms with Gasteiger partial charge in [0.05, 0.1) is 11.5 Å². The average Bonchev–Trinajstić information content (AvgIpc) is 2.52. The molecule has 0 radical (unpaired) electrons. The topological polar surface area (TPSA) is 75.5 Å². The minimum Gasteiger partial charge on any atom is -0.365 e. The highest BCUT2D eigenvalue weighted by Crippen LogP contribution is 2.30. The van der Waals surface area contributed by atoms with Gasteiger partial charge in [0.1, 0.15) is 5.69 Å². The number of anilines is 2. The van der Waals surface area contributed by atoms with Gasteiger partial charge in [-0.2, -0.15) is 0 Å². The van der Waals surface area contributed by atoms with Crippen molar-refractivity contribution in [3.8, 4) is 0 Å². The Morgan fingerprint density at radius 3 is 2.43 bits per heavy atom. The number of para-hydroxylation sites is 1. The van der Waals surface area contributed by atoms with Crippen molar-refractivity contribution in [3.63, 3.8) is 0 Å². The van der Waals surface area contributed by atoms with Gasteiger partial charge in [0.2, 0.25) is 5.91 Å². The Morgan fingerprint density at radius 1 is 1.17 bits per heavy atom. The van der Waals surface area contributed by atoms with Crippen molar-refractivity contribution in [2.45, 2.75) is 13.8 Å². The van der Waals surface area contributed by atoms with Crippen molar-refractivity contribution in [3.05, 3.63) is 63.7 Å². The quantitative estimate of drug-likeness (QED) is 0.679. The van der Waals surface area contributed by atoms with Crippen LogP contribution in [-0.4, -0.2) is 24.4 Å². The van der Waals surface area contributed by atoms with E-state index in [-0.39, 0.29) is 23.8 Å². The highest BCUT2D eigenvalue weighted by Gasteiger charge is 2.19. The molecule has 0 atom stereocenters. The molecule has 0 heterocycles. The summed E-state index contributed by atoms with van der Waals surface area (Å²) in [6.07, 6.45) is 0. The molecule has 0 aromatic heterocycles. The monoisotopic (exact) mass is 313 g/mol. The van der Waals surface area contributed by atoms with Gasteiger partial charge in [-0.3, -0.25) is 14.9 Å². The number of benzene rings is 2. The van der Waals surface area contributed by atoms with Crippen LogP contribution < -0.4 is 10.2 Å². The van der Waals surface area contributed by atoms with Crippen LogP contribution in [0.25, 0.3) is 0 Å². The number of hydrogen-bond acceptors (Lipinski definition) is 4. The zero-order valence-electron chi connectivity index (χ0n) is 13.4. The summed E-state index contributed by atoms with van der Waals surface area (Å²) >= 11 is 0. The SMILES string of the molecule is Cc1ccc([N+](=O)[O-])c(NC(=O)CN(C)c2ccccc2)c1C. The molecule has 0 spiro atoms. The first-order chi connectivity index (χ1) is 10.9. The molecule has 0 unspecified atom stereocenters. The molecular formula is C17H19N3O3. The molecule has 2 aromatic carbocycles. The summed E-state index contributed by atoms with van der Waals surface area (Å²) in [4.78, 5) is 24.7. The van der Waals surface area contributed by atoms with Crippen LogP contribution in [0.3, 0.4) is 0 Å². The minimum absolute atomic E-state index is 0.0937. The summed E-state index contributed by atoms with van der Waals surface area (Å²) in [5, 5.41) is 13.8. The molecule has 0 saturated carbocycles. The first kappa shape index (κ1) is 16.5. The number of likely N-dealkylation sites (N-methyl/N-ethyl adjacent to an activating group) is 1. The van der Waals surface area contributed by atoms with Crippen molar-refractivity contribution in [2.24, 2.45) is 0 Å². The van der Waals surface area contributed by atoms with E-state index in [2.05, 4.69) is 5.32 Å². The predicted molar refractivity (Wildman–Crippen MR) is 90.9 cm³/mol. The van der Waals surface area contributed by atoms with Gasteiger partial charge in [0, 0.05) is 18.8 Å². The summed E-state index contributed by atoms with van der Waals surface area (Å²) in [5.41, 5.74) is 2.67. The lowest BCUT2D eigenvalue weighted by Gasteiger charge is -2.19. The Balaban J connectivity index is 2.17. The number of hydrogen-bond donors (Lipinski definition) is 1. The number of aryl methyl sites for hydroxylation is 1. The van der Waals surface area contributed by atoms with Gasteiger partial charge in [-0.25, -0.2) is 0 Å². The number of nitrogens with zero attached hydrogens (tertiary/aromatic N) is 2. The van der Waals surface area contributed by atoms with E-state index < -0.39 is 4.92 Å². The number of carbonyl (C=O) groups excluding carboxylic acids is 1. The van der Waals surface area contributed by atoms with Gasteiger partial charge >= 0.3 is 0 Å². The molecule has 0 aliphatic heterocycles. The van der Waals surface area contributed by atoms with E-state index in [0.717, 1.165) is 11.3 Å². The molecular weight excluding hydrogens is 294 g/mol. The van der Waals surface area contributed by atoms with E-state index in [0.29, 0.717) is 5.56 Å². The van der Waals surface area contributed by atoms with Crippen LogP contribution in [0, 0.1) is 24.0 Å². The summed E-state index contributed by atoms with van der Waals surface area (Å²) in [6.45, 7) is 3.72. The molecule has 2 aromatic rings. The van der Waals surface area contributed by atoms with E-state index in [4.69, 9.17) is 0 Å². The predicted octanol–water partition coefficient (Wildman–Crippen LogP) is 3.29. The van der Waals surface area contributed by atoms with Crippen molar-refractivity contribution in [1.82, 2.24) is 0 Å². The first-order valence-corrected chi connectivity index (χ1v) is 7.20. The molecule has 0 aliphatic rings. The van der Waals surface area contributed by atoms with E-state index in [9.17, 15) is 14.9 Å². The van der Waals surface area contributed by atoms with Gasteiger partial charge < -0.3 is 10.2 Å². The number of nitro benzene ring substituents is 1. The van der Waals surface area contributed by atoms with Gasteiger partial charge in [-0.05, 0) is 37.1 Å². The fraction of sp³-hybridized carbons (Fsp3) is 0.235. The number of nitro groups is 1. The fourth-order valence-electron chi connectivity index (χ4n) is 2.28. The van der Waals surface area contributed by atoms with Crippen LogP contribution in [0.2, 0.25) is 0 Å². The van der Waals surface area contributed by atoms with Crippen LogP contribution >= 0.6 is 0 Å². The number of nitrogens with one attached hydrogen (secondary N) is 1. The highest BCUT2D eigenvalue weighted by atomic mass is 16.6. The highest BCUT2D eigenvalue weighted by molar-refractivity contribution is 5.97. The maximum Gasteiger partial charge on any atom is 0.293 e. The molecule has 6 nitrogen and oxygen atoms in total. The van der Waals surface area contributed by atoms with Crippen LogP contribution in [0.15, 0.2) is 42.5 Å². The molecule has 1 amide bonds.